The summed E-state index contributed by atoms with van der Waals surface area (Å²) in [6.07, 6.45) is 2.29. The fourth-order valence-electron chi connectivity index (χ4n) is 5.24. The van der Waals surface area contributed by atoms with Gasteiger partial charge in [0, 0.05) is 43.3 Å². The number of allylic oxidation sites excluding steroid dienone is 2. The maximum Gasteiger partial charge on any atom is 0.429 e. The van der Waals surface area contributed by atoms with Crippen LogP contribution in [-0.4, -0.2) is 40.6 Å². The van der Waals surface area contributed by atoms with Gasteiger partial charge in [-0.15, -0.1) is 0 Å². The van der Waals surface area contributed by atoms with Gasteiger partial charge >= 0.3 is 6.18 Å². The second-order valence-electron chi connectivity index (χ2n) is 9.19. The second kappa shape index (κ2) is 7.29. The van der Waals surface area contributed by atoms with Gasteiger partial charge < -0.3 is 14.4 Å². The van der Waals surface area contributed by atoms with Crippen molar-refractivity contribution in [2.24, 2.45) is 12.0 Å². The molecule has 2 atom stereocenters. The lowest BCUT2D eigenvalue weighted by Gasteiger charge is -2.38. The lowest BCUT2D eigenvalue weighted by molar-refractivity contribution is -0.178. The van der Waals surface area contributed by atoms with Gasteiger partial charge in [-0.2, -0.15) is 13.2 Å². The summed E-state index contributed by atoms with van der Waals surface area (Å²) >= 11 is 0. The van der Waals surface area contributed by atoms with Gasteiger partial charge in [-0.3, -0.25) is 4.99 Å². The molecule has 0 spiro atoms. The molecule has 0 fully saturated rings. The number of alkyl halides is 3. The van der Waals surface area contributed by atoms with Crippen LogP contribution in [0.1, 0.15) is 32.3 Å². The summed E-state index contributed by atoms with van der Waals surface area (Å²) in [5.41, 5.74) is 7.45. The van der Waals surface area contributed by atoms with E-state index in [0.29, 0.717) is 6.42 Å². The van der Waals surface area contributed by atoms with Gasteiger partial charge in [0.2, 0.25) is 6.17 Å². The monoisotopic (exact) mass is 440 g/mol. The van der Waals surface area contributed by atoms with Gasteiger partial charge in [-0.25, -0.2) is 0 Å². The van der Waals surface area contributed by atoms with E-state index in [0.717, 1.165) is 52.0 Å². The molecular formula is C25H27F3N4. The summed E-state index contributed by atoms with van der Waals surface area (Å²) in [5, 5.41) is 1.16. The topological polar surface area (TPSA) is 23.8 Å². The molecule has 7 heteroatoms. The molecule has 4 nitrogen and oxygen atoms in total. The van der Waals surface area contributed by atoms with E-state index in [9.17, 15) is 13.2 Å². The maximum absolute atomic E-state index is 13.8. The van der Waals surface area contributed by atoms with Gasteiger partial charge in [0.15, 0.2) is 0 Å². The summed E-state index contributed by atoms with van der Waals surface area (Å²) in [4.78, 5) is 7.56. The molecule has 3 heterocycles. The lowest BCUT2D eigenvalue weighted by atomic mass is 10.00. The molecule has 0 saturated heterocycles. The molecule has 2 aromatic rings. The number of rotatable bonds is 2. The summed E-state index contributed by atoms with van der Waals surface area (Å²) in [6.45, 7) is 6.67. The third-order valence-electron chi connectivity index (χ3n) is 6.61. The van der Waals surface area contributed by atoms with Gasteiger partial charge in [0.25, 0.3) is 0 Å². The average Bonchev–Trinajstić information content (AvgIpc) is 3.27. The van der Waals surface area contributed by atoms with Crippen LogP contribution in [0.2, 0.25) is 0 Å². The van der Waals surface area contributed by atoms with Crippen molar-refractivity contribution in [3.63, 3.8) is 0 Å². The summed E-state index contributed by atoms with van der Waals surface area (Å²) in [5.74, 6) is 0. The lowest BCUT2D eigenvalue weighted by Crippen LogP contribution is -2.48. The predicted molar refractivity (Wildman–Crippen MR) is 123 cm³/mol. The van der Waals surface area contributed by atoms with E-state index in [-0.39, 0.29) is 6.04 Å². The zero-order chi connectivity index (χ0) is 22.8. The second-order valence-corrected chi connectivity index (χ2v) is 9.19. The van der Waals surface area contributed by atoms with E-state index in [1.165, 1.54) is 16.7 Å². The van der Waals surface area contributed by atoms with Crippen LogP contribution in [0, 0.1) is 6.92 Å². The first-order valence-corrected chi connectivity index (χ1v) is 10.9. The minimum atomic E-state index is -4.42. The van der Waals surface area contributed by atoms with E-state index >= 15 is 0 Å². The molecule has 0 radical (unpaired) electrons. The van der Waals surface area contributed by atoms with Crippen LogP contribution >= 0.6 is 0 Å². The first kappa shape index (κ1) is 20.9. The Morgan fingerprint density at radius 2 is 1.91 bits per heavy atom. The SMILES string of the molecule is CC1=CN(C2CCC3=C2C=C(C)CN3c2cn(C)c3cc(C)ccc23)C(C(F)(F)F)N=C1. The number of benzene rings is 1. The summed E-state index contributed by atoms with van der Waals surface area (Å²) in [7, 11) is 2.04. The highest BCUT2D eigenvalue weighted by Crippen LogP contribution is 2.44. The number of hydrogen-bond acceptors (Lipinski definition) is 3. The van der Waals surface area contributed by atoms with Crippen LogP contribution < -0.4 is 4.90 Å². The summed E-state index contributed by atoms with van der Waals surface area (Å²) < 4.78 is 43.5. The molecule has 0 saturated carbocycles. The van der Waals surface area contributed by atoms with Crippen LogP contribution in [0.15, 0.2) is 64.1 Å². The van der Waals surface area contributed by atoms with Crippen molar-refractivity contribution in [3.05, 3.63) is 64.7 Å². The van der Waals surface area contributed by atoms with E-state index in [4.69, 9.17) is 0 Å². The van der Waals surface area contributed by atoms with Crippen LogP contribution in [-0.2, 0) is 7.05 Å². The van der Waals surface area contributed by atoms with E-state index in [1.54, 1.807) is 13.1 Å². The quantitative estimate of drug-likeness (QED) is 0.585. The van der Waals surface area contributed by atoms with Crippen molar-refractivity contribution >= 4 is 22.8 Å². The molecule has 1 aromatic carbocycles. The Kier molecular flexibility index (Phi) is 4.76. The molecule has 0 amide bonds. The van der Waals surface area contributed by atoms with E-state index < -0.39 is 12.3 Å². The predicted octanol–water partition coefficient (Wildman–Crippen LogP) is 5.85. The van der Waals surface area contributed by atoms with Crippen molar-refractivity contribution in [1.82, 2.24) is 9.47 Å². The number of anilines is 1. The standard InChI is InChI=1S/C25H27F3N4/c1-15-5-6-18-22(10-15)30(4)14-23(18)31-12-16(2)9-19-20(31)7-8-21(19)32-13-17(3)11-29-24(32)25(26,27)28/h5-6,9-11,13-14,21,24H,7-8,12H2,1-4H3. The van der Waals surface area contributed by atoms with Gasteiger partial charge in [-0.1, -0.05) is 23.8 Å². The normalized spacial score (nSPS) is 23.7. The van der Waals surface area contributed by atoms with Crippen molar-refractivity contribution < 1.29 is 13.2 Å². The highest BCUT2D eigenvalue weighted by atomic mass is 19.4. The average molecular weight is 441 g/mol. The van der Waals surface area contributed by atoms with Crippen LogP contribution in [0.3, 0.4) is 0 Å². The number of aromatic nitrogens is 1. The summed E-state index contributed by atoms with van der Waals surface area (Å²) in [6, 6.07) is 6.08. The minimum Gasteiger partial charge on any atom is -0.348 e. The molecule has 32 heavy (non-hydrogen) atoms. The molecule has 2 aliphatic heterocycles. The van der Waals surface area contributed by atoms with Crippen LogP contribution in [0.25, 0.3) is 10.9 Å². The van der Waals surface area contributed by atoms with Gasteiger partial charge in [0.1, 0.15) is 0 Å². The van der Waals surface area contributed by atoms with Gasteiger partial charge in [0.05, 0.1) is 17.2 Å². The van der Waals surface area contributed by atoms with Crippen molar-refractivity contribution in [3.8, 4) is 0 Å². The number of halogens is 3. The van der Waals surface area contributed by atoms with E-state index in [1.807, 2.05) is 7.05 Å². The molecule has 0 bridgehead atoms. The van der Waals surface area contributed by atoms with Crippen molar-refractivity contribution in [2.45, 2.75) is 52.0 Å². The van der Waals surface area contributed by atoms with Gasteiger partial charge in [-0.05, 0) is 56.4 Å². The zero-order valence-corrected chi connectivity index (χ0v) is 18.7. The zero-order valence-electron chi connectivity index (χ0n) is 18.7. The highest BCUT2D eigenvalue weighted by Gasteiger charge is 2.48. The smallest absolute Gasteiger partial charge is 0.348 e. The molecule has 1 aliphatic carbocycles. The molecular weight excluding hydrogens is 413 g/mol. The molecule has 168 valence electrons. The fourth-order valence-corrected chi connectivity index (χ4v) is 5.24. The molecule has 3 aliphatic rings. The minimum absolute atomic E-state index is 0.348. The van der Waals surface area contributed by atoms with Crippen LogP contribution in [0.5, 0.6) is 0 Å². The Hall–Kier alpha value is -2.96. The highest BCUT2D eigenvalue weighted by molar-refractivity contribution is 5.95. The first-order chi connectivity index (χ1) is 15.1. The third-order valence-corrected chi connectivity index (χ3v) is 6.61. The Bertz CT molecular complexity index is 1210. The Morgan fingerprint density at radius 3 is 2.66 bits per heavy atom. The van der Waals surface area contributed by atoms with Crippen LogP contribution in [0.4, 0.5) is 18.9 Å². The number of hydrogen-bond donors (Lipinski definition) is 0. The molecule has 2 unspecified atom stereocenters. The fraction of sp³-hybridized carbons (Fsp3) is 0.400. The molecule has 0 N–H and O–H groups in total. The first-order valence-electron chi connectivity index (χ1n) is 10.9. The number of aliphatic imine (C=N–C) groups is 1. The third kappa shape index (κ3) is 3.34. The largest absolute Gasteiger partial charge is 0.429 e. The van der Waals surface area contributed by atoms with E-state index in [2.05, 4.69) is 58.8 Å². The molecule has 1 aromatic heterocycles. The molecule has 5 rings (SSSR count). The van der Waals surface area contributed by atoms with Crippen molar-refractivity contribution in [2.75, 3.05) is 11.4 Å². The Labute approximate surface area is 186 Å². The number of nitrogens with zero attached hydrogens (tertiary/aromatic N) is 4. The Morgan fingerprint density at radius 1 is 1.12 bits per heavy atom. The maximum atomic E-state index is 13.8. The number of fused-ring (bicyclic) bond motifs is 1. The number of aryl methyl sites for hydroxylation is 2. The Balaban J connectivity index is 1.59. The van der Waals surface area contributed by atoms with Crippen molar-refractivity contribution in [1.29, 1.82) is 0 Å².